The average molecular weight is 789 g/mol. The standard InChI is InChI=1S/C45H52N6O5S/c1-49-36-17-15-29(25-34(36)42-33(38(49)28-52)21-23-50(42)44(55)31-9-4-2-5-10-31)13-14-30-16-19-40(47-26-30)46-22-6-3-7-24-57-39-12-8-11-32-35(39)27-51(45(32)56)37-18-20-41(53)48-43(37)54/h8,11-12,15-17,19,25-26,31,33,37-38,42,52H,2-7,9-10,18,20-24,27-28H2,1H3,(H,46,47)(H,48,53,54)/t33-,37?,38-,42-/m1/s1. The number of benzene rings is 2. The maximum absolute atomic E-state index is 13.8. The minimum Gasteiger partial charge on any atom is -0.394 e. The van der Waals surface area contributed by atoms with E-state index >= 15 is 0 Å². The number of fused-ring (bicyclic) bond motifs is 4. The zero-order chi connectivity index (χ0) is 39.5. The number of nitrogens with zero attached hydrogens (tertiary/aromatic N) is 4. The molecule has 1 aromatic heterocycles. The third kappa shape index (κ3) is 8.14. The predicted molar refractivity (Wildman–Crippen MR) is 221 cm³/mol. The summed E-state index contributed by atoms with van der Waals surface area (Å²) in [5.74, 6) is 8.16. The Hall–Kier alpha value is -4.86. The molecule has 5 heterocycles. The number of pyridine rings is 1. The molecule has 12 heteroatoms. The summed E-state index contributed by atoms with van der Waals surface area (Å²) in [7, 11) is 2.05. The van der Waals surface area contributed by atoms with Crippen LogP contribution in [-0.2, 0) is 20.9 Å². The third-order valence-electron chi connectivity index (χ3n) is 12.6. The zero-order valence-electron chi connectivity index (χ0n) is 32.7. The van der Waals surface area contributed by atoms with Crippen LogP contribution in [0.3, 0.4) is 0 Å². The number of hydrogen-bond donors (Lipinski definition) is 3. The molecule has 0 bridgehead atoms. The molecule has 1 saturated carbocycles. The number of aromatic nitrogens is 1. The molecular weight excluding hydrogens is 737 g/mol. The fourth-order valence-corrected chi connectivity index (χ4v) is 10.7. The Morgan fingerprint density at radius 1 is 0.982 bits per heavy atom. The summed E-state index contributed by atoms with van der Waals surface area (Å²) in [6.07, 6.45) is 11.8. The van der Waals surface area contributed by atoms with Gasteiger partial charge in [0.15, 0.2) is 0 Å². The number of aliphatic hydroxyl groups excluding tert-OH is 1. The van der Waals surface area contributed by atoms with Gasteiger partial charge in [-0.1, -0.05) is 43.6 Å². The summed E-state index contributed by atoms with van der Waals surface area (Å²) in [6, 6.07) is 15.4. The van der Waals surface area contributed by atoms with E-state index in [2.05, 4.69) is 56.4 Å². The number of anilines is 2. The van der Waals surface area contributed by atoms with E-state index in [4.69, 9.17) is 0 Å². The van der Waals surface area contributed by atoms with Crippen molar-refractivity contribution in [3.05, 3.63) is 82.5 Å². The lowest BCUT2D eigenvalue weighted by Gasteiger charge is -2.45. The number of piperidine rings is 1. The van der Waals surface area contributed by atoms with Crippen LogP contribution in [0, 0.1) is 23.7 Å². The van der Waals surface area contributed by atoms with E-state index in [-0.39, 0.29) is 60.6 Å². The van der Waals surface area contributed by atoms with Crippen LogP contribution in [0.15, 0.2) is 59.6 Å². The molecule has 4 amide bonds. The molecule has 2 aromatic carbocycles. The summed E-state index contributed by atoms with van der Waals surface area (Å²) >= 11 is 1.75. The van der Waals surface area contributed by atoms with Gasteiger partial charge in [-0.2, -0.15) is 0 Å². The Kier molecular flexibility index (Phi) is 11.9. The Morgan fingerprint density at radius 2 is 1.81 bits per heavy atom. The number of thioether (sulfide) groups is 1. The van der Waals surface area contributed by atoms with Crippen LogP contribution in [0.2, 0.25) is 0 Å². The third-order valence-corrected chi connectivity index (χ3v) is 13.8. The van der Waals surface area contributed by atoms with E-state index < -0.39 is 6.04 Å². The Morgan fingerprint density at radius 3 is 2.60 bits per heavy atom. The first-order valence-electron chi connectivity index (χ1n) is 20.7. The van der Waals surface area contributed by atoms with Gasteiger partial charge in [0.25, 0.3) is 5.91 Å². The van der Waals surface area contributed by atoms with Crippen LogP contribution in [0.25, 0.3) is 0 Å². The lowest BCUT2D eigenvalue weighted by Crippen LogP contribution is -2.52. The molecule has 4 atom stereocenters. The largest absolute Gasteiger partial charge is 0.394 e. The summed E-state index contributed by atoms with van der Waals surface area (Å²) in [4.78, 5) is 62.6. The number of unbranched alkanes of at least 4 members (excludes halogenated alkanes) is 2. The van der Waals surface area contributed by atoms with Crippen molar-refractivity contribution in [2.24, 2.45) is 11.8 Å². The number of hydrogen-bond acceptors (Lipinski definition) is 9. The molecule has 0 spiro atoms. The van der Waals surface area contributed by atoms with E-state index in [1.807, 2.05) is 36.4 Å². The van der Waals surface area contributed by atoms with Gasteiger partial charge in [-0.05, 0) is 97.9 Å². The summed E-state index contributed by atoms with van der Waals surface area (Å²) < 4.78 is 0. The monoisotopic (exact) mass is 788 g/mol. The van der Waals surface area contributed by atoms with Crippen LogP contribution in [-0.4, -0.2) is 88.1 Å². The van der Waals surface area contributed by atoms with Gasteiger partial charge >= 0.3 is 0 Å². The smallest absolute Gasteiger partial charge is 0.255 e. The minimum absolute atomic E-state index is 0.0152. The first kappa shape index (κ1) is 39.0. The lowest BCUT2D eigenvalue weighted by molar-refractivity contribution is -0.138. The molecular formula is C45H52N6O5S. The number of likely N-dealkylation sites (N-methyl/N-ethyl adjacent to an activating group) is 1. The molecule has 57 heavy (non-hydrogen) atoms. The molecule has 0 radical (unpaired) electrons. The van der Waals surface area contributed by atoms with Gasteiger partial charge in [0.2, 0.25) is 17.7 Å². The van der Waals surface area contributed by atoms with E-state index in [9.17, 15) is 24.3 Å². The van der Waals surface area contributed by atoms with Gasteiger partial charge in [-0.15, -0.1) is 11.8 Å². The number of carbonyl (C=O) groups is 4. The highest BCUT2D eigenvalue weighted by Crippen LogP contribution is 2.49. The van der Waals surface area contributed by atoms with Crippen molar-refractivity contribution in [2.75, 3.05) is 42.7 Å². The maximum Gasteiger partial charge on any atom is 0.255 e. The van der Waals surface area contributed by atoms with Gasteiger partial charge in [0, 0.05) is 78.4 Å². The lowest BCUT2D eigenvalue weighted by atomic mass is 9.81. The van der Waals surface area contributed by atoms with Crippen molar-refractivity contribution < 1.29 is 24.3 Å². The highest BCUT2D eigenvalue weighted by molar-refractivity contribution is 7.99. The molecule has 3 fully saturated rings. The van der Waals surface area contributed by atoms with Crippen molar-refractivity contribution in [3.63, 3.8) is 0 Å². The molecule has 5 aliphatic rings. The Balaban J connectivity index is 0.815. The van der Waals surface area contributed by atoms with E-state index in [0.29, 0.717) is 18.5 Å². The number of amides is 4. The molecule has 11 nitrogen and oxygen atoms in total. The number of aliphatic hydroxyl groups is 1. The van der Waals surface area contributed by atoms with Gasteiger partial charge in [0.05, 0.1) is 18.7 Å². The van der Waals surface area contributed by atoms with Gasteiger partial charge in [-0.25, -0.2) is 4.98 Å². The van der Waals surface area contributed by atoms with Crippen LogP contribution < -0.4 is 15.5 Å². The first-order chi connectivity index (χ1) is 27.8. The van der Waals surface area contributed by atoms with E-state index in [1.165, 1.54) is 6.42 Å². The summed E-state index contributed by atoms with van der Waals surface area (Å²) in [5, 5.41) is 16.2. The van der Waals surface area contributed by atoms with Crippen molar-refractivity contribution in [1.82, 2.24) is 20.1 Å². The van der Waals surface area contributed by atoms with Crippen molar-refractivity contribution in [2.45, 2.75) is 100 Å². The molecule has 298 valence electrons. The second-order valence-corrected chi connectivity index (χ2v) is 17.2. The molecule has 8 rings (SSSR count). The van der Waals surface area contributed by atoms with Gasteiger partial charge in [-0.3, -0.25) is 24.5 Å². The normalized spacial score (nSPS) is 23.1. The Labute approximate surface area is 339 Å². The topological polar surface area (TPSA) is 135 Å². The summed E-state index contributed by atoms with van der Waals surface area (Å²) in [6.45, 7) is 2.01. The second-order valence-electron chi connectivity index (χ2n) is 16.1. The van der Waals surface area contributed by atoms with Crippen molar-refractivity contribution in [1.29, 1.82) is 0 Å². The SMILES string of the molecule is CN1c2ccc(C#Cc3ccc(NCCCCCSc4cccc5c4CN(C4CCC(=O)NC4=O)C5=O)nc3)cc2[C@H]2[C@H](CCN2C(=O)C2CCCCC2)[C@H]1CO. The van der Waals surface area contributed by atoms with E-state index in [1.54, 1.807) is 22.9 Å². The molecule has 4 aliphatic heterocycles. The summed E-state index contributed by atoms with van der Waals surface area (Å²) in [5.41, 5.74) is 5.56. The predicted octanol–water partition coefficient (Wildman–Crippen LogP) is 5.90. The molecule has 3 aromatic rings. The van der Waals surface area contributed by atoms with E-state index in [0.717, 1.165) is 109 Å². The van der Waals surface area contributed by atoms with Gasteiger partial charge < -0.3 is 25.1 Å². The molecule has 3 N–H and O–H groups in total. The molecule has 2 saturated heterocycles. The average Bonchev–Trinajstić information content (AvgIpc) is 3.82. The second kappa shape index (κ2) is 17.3. The number of imide groups is 1. The number of rotatable bonds is 11. The van der Waals surface area contributed by atoms with Gasteiger partial charge in [0.1, 0.15) is 11.9 Å². The maximum atomic E-state index is 13.8. The zero-order valence-corrected chi connectivity index (χ0v) is 33.5. The highest BCUT2D eigenvalue weighted by Gasteiger charge is 2.48. The molecule has 1 unspecified atom stereocenters. The first-order valence-corrected chi connectivity index (χ1v) is 21.7. The molecule has 1 aliphatic carbocycles. The fourth-order valence-electron chi connectivity index (χ4n) is 9.57. The highest BCUT2D eigenvalue weighted by atomic mass is 32.2. The quantitative estimate of drug-likeness (QED) is 0.0941. The fraction of sp³-hybridized carbons (Fsp3) is 0.489. The van der Waals surface area contributed by atoms with Crippen molar-refractivity contribution >= 4 is 46.9 Å². The van der Waals surface area contributed by atoms with Crippen LogP contribution in [0.5, 0.6) is 0 Å². The number of nitrogens with one attached hydrogen (secondary N) is 2. The van der Waals surface area contributed by atoms with Crippen LogP contribution in [0.1, 0.15) is 109 Å². The van der Waals surface area contributed by atoms with Crippen molar-refractivity contribution in [3.8, 4) is 11.8 Å². The number of likely N-dealkylation sites (tertiary alicyclic amines) is 1. The van der Waals surface area contributed by atoms with Crippen LogP contribution in [0.4, 0.5) is 11.5 Å². The number of carbonyl (C=O) groups excluding carboxylic acids is 4. The minimum atomic E-state index is -0.603. The Bertz CT molecular complexity index is 2070. The van der Waals surface area contributed by atoms with Crippen LogP contribution >= 0.6 is 11.8 Å².